The summed E-state index contributed by atoms with van der Waals surface area (Å²) in [6.07, 6.45) is 0. The Morgan fingerprint density at radius 1 is 1.50 bits per heavy atom. The lowest BCUT2D eigenvalue weighted by Gasteiger charge is -1.95. The largest absolute Gasteiger partial charge is 0.297 e. The highest BCUT2D eigenvalue weighted by molar-refractivity contribution is 14.1. The quantitative estimate of drug-likeness (QED) is 0.401. The summed E-state index contributed by atoms with van der Waals surface area (Å²) in [4.78, 5) is 0. The van der Waals surface area contributed by atoms with Gasteiger partial charge in [0.2, 0.25) is 0 Å². The molecule has 0 fully saturated rings. The molecule has 0 atom stereocenters. The van der Waals surface area contributed by atoms with Crippen LogP contribution in [0.1, 0.15) is 5.56 Å². The van der Waals surface area contributed by atoms with Crippen molar-refractivity contribution in [2.24, 2.45) is 0 Å². The molecular formula is C7H6BrI2+. The van der Waals surface area contributed by atoms with Crippen LogP contribution in [0, 0.1) is 14.1 Å². The zero-order chi connectivity index (χ0) is 7.72. The highest BCUT2D eigenvalue weighted by atomic mass is 127. The Bertz CT molecular complexity index is 208. The van der Waals surface area contributed by atoms with Crippen molar-refractivity contribution in [3.8, 4) is 0 Å². The third-order valence-electron chi connectivity index (χ3n) is 1.22. The van der Waals surface area contributed by atoms with E-state index in [4.69, 9.17) is 0 Å². The van der Waals surface area contributed by atoms with E-state index in [2.05, 4.69) is 80.2 Å². The lowest BCUT2D eigenvalue weighted by Crippen LogP contribution is -3.34. The second kappa shape index (κ2) is 3.71. The maximum absolute atomic E-state index is 3.47. The van der Waals surface area contributed by atoms with Crippen molar-refractivity contribution < 1.29 is 22.6 Å². The maximum Gasteiger partial charge on any atom is 0.297 e. The summed E-state index contributed by atoms with van der Waals surface area (Å²) in [6, 6.07) is 4.34. The molecule has 0 saturated heterocycles. The van der Waals surface area contributed by atoms with Gasteiger partial charge in [-0.2, -0.15) is 0 Å². The fraction of sp³-hybridized carbons (Fsp3) is 0.143. The third kappa shape index (κ3) is 2.07. The first-order valence-corrected chi connectivity index (χ1v) is 5.77. The summed E-state index contributed by atoms with van der Waals surface area (Å²) in [6.45, 7) is 2.13. The molecule has 10 heavy (non-hydrogen) atoms. The Kier molecular flexibility index (Phi) is 3.43. The molecule has 3 heteroatoms. The topological polar surface area (TPSA) is 0 Å². The first kappa shape index (κ1) is 9.25. The summed E-state index contributed by atoms with van der Waals surface area (Å²) in [7, 11) is 0. The second-order valence-corrected chi connectivity index (χ2v) is 5.30. The number of aryl methyl sites for hydroxylation is 1. The van der Waals surface area contributed by atoms with Crippen LogP contribution in [0.5, 0.6) is 0 Å². The molecule has 0 amide bonds. The number of halogens is 3. The van der Waals surface area contributed by atoms with Crippen molar-refractivity contribution >= 4 is 38.5 Å². The van der Waals surface area contributed by atoms with Crippen LogP contribution in [0.15, 0.2) is 16.6 Å². The number of benzene rings is 1. The van der Waals surface area contributed by atoms with Gasteiger partial charge in [-0.1, -0.05) is 0 Å². The lowest BCUT2D eigenvalue weighted by atomic mass is 10.2. The Morgan fingerprint density at radius 2 is 2.10 bits per heavy atom. The van der Waals surface area contributed by atoms with Crippen molar-refractivity contribution in [1.82, 2.24) is 0 Å². The minimum atomic E-state index is 1.19. The third-order valence-corrected chi connectivity index (χ3v) is 4.76. The van der Waals surface area contributed by atoms with E-state index in [0.717, 1.165) is 0 Å². The molecule has 1 aromatic rings. The minimum absolute atomic E-state index is 1.19. The van der Waals surface area contributed by atoms with Gasteiger partial charge in [0.25, 0.3) is 22.6 Å². The monoisotopic (exact) mass is 423 g/mol. The molecule has 0 spiro atoms. The predicted octanol–water partition coefficient (Wildman–Crippen LogP) is -0.183. The molecule has 54 valence electrons. The van der Waals surface area contributed by atoms with Crippen LogP contribution in [-0.2, 0) is 0 Å². The standard InChI is InChI=1S/C7H6BrI2/c1-4-2-7(10)5(8)3-6(4)9/h2-3,9H,1H3/q+1. The van der Waals surface area contributed by atoms with Gasteiger partial charge in [0.1, 0.15) is 0 Å². The van der Waals surface area contributed by atoms with Crippen LogP contribution in [-0.4, -0.2) is 0 Å². The minimum Gasteiger partial charge on any atom is -0.0495 e. The SMILES string of the molecule is Cc1cc(I)c(Br)cc1[IH+]. The summed E-state index contributed by atoms with van der Waals surface area (Å²) >= 11 is 7.85. The maximum atomic E-state index is 3.47. The van der Waals surface area contributed by atoms with Gasteiger partial charge in [0.05, 0.1) is 0 Å². The molecule has 0 unspecified atom stereocenters. The van der Waals surface area contributed by atoms with Gasteiger partial charge >= 0.3 is 0 Å². The fourth-order valence-electron chi connectivity index (χ4n) is 0.628. The highest BCUT2D eigenvalue weighted by Crippen LogP contribution is 2.19. The van der Waals surface area contributed by atoms with Gasteiger partial charge in [-0.15, -0.1) is 0 Å². The Morgan fingerprint density at radius 3 is 2.60 bits per heavy atom. The molecule has 0 aliphatic rings. The Labute approximate surface area is 96.2 Å². The van der Waals surface area contributed by atoms with Crippen LogP contribution < -0.4 is 22.6 Å². The van der Waals surface area contributed by atoms with E-state index in [1.165, 1.54) is 17.2 Å². The van der Waals surface area contributed by atoms with Crippen LogP contribution in [0.25, 0.3) is 0 Å². The normalized spacial score (nSPS) is 10.0. The van der Waals surface area contributed by atoms with Crippen molar-refractivity contribution in [3.05, 3.63) is 29.3 Å². The molecule has 1 aromatic carbocycles. The predicted molar refractivity (Wildman–Crippen MR) is 51.7 cm³/mol. The van der Waals surface area contributed by atoms with Gasteiger partial charge in [-0.25, -0.2) is 0 Å². The first-order chi connectivity index (χ1) is 4.61. The zero-order valence-corrected chi connectivity index (χ0v) is 11.4. The molecule has 0 radical (unpaired) electrons. The second-order valence-electron chi connectivity index (χ2n) is 2.03. The summed E-state index contributed by atoms with van der Waals surface area (Å²) in [5.74, 6) is 0. The van der Waals surface area contributed by atoms with Crippen LogP contribution in [0.2, 0.25) is 0 Å². The van der Waals surface area contributed by atoms with Crippen LogP contribution in [0.3, 0.4) is 0 Å². The molecule has 1 rings (SSSR count). The molecule has 0 nitrogen and oxygen atoms in total. The molecule has 0 bridgehead atoms. The Hall–Kier alpha value is 1.16. The first-order valence-electron chi connectivity index (χ1n) is 2.74. The molecule has 0 aliphatic carbocycles. The number of rotatable bonds is 0. The van der Waals surface area contributed by atoms with E-state index in [1.807, 2.05) is 0 Å². The summed E-state index contributed by atoms with van der Waals surface area (Å²) in [5.41, 5.74) is 1.36. The van der Waals surface area contributed by atoms with E-state index in [1.54, 1.807) is 0 Å². The van der Waals surface area contributed by atoms with Gasteiger partial charge < -0.3 is 0 Å². The van der Waals surface area contributed by atoms with E-state index >= 15 is 0 Å². The van der Waals surface area contributed by atoms with Gasteiger partial charge in [-0.05, 0) is 51.5 Å². The average molecular weight is 424 g/mol. The van der Waals surface area contributed by atoms with Gasteiger partial charge in [0.15, 0.2) is 3.57 Å². The van der Waals surface area contributed by atoms with Crippen molar-refractivity contribution in [3.63, 3.8) is 0 Å². The van der Waals surface area contributed by atoms with Crippen molar-refractivity contribution in [2.75, 3.05) is 0 Å². The average Bonchev–Trinajstić information content (AvgIpc) is 1.84. The van der Waals surface area contributed by atoms with Gasteiger partial charge in [0, 0.05) is 19.7 Å². The van der Waals surface area contributed by atoms with E-state index in [0.29, 0.717) is 0 Å². The molecular weight excluding hydrogens is 418 g/mol. The number of hydrogen-bond donors (Lipinski definition) is 0. The lowest BCUT2D eigenvalue weighted by molar-refractivity contribution is -0.329. The summed E-state index contributed by atoms with van der Waals surface area (Å²) in [5, 5.41) is 0. The zero-order valence-electron chi connectivity index (χ0n) is 5.32. The van der Waals surface area contributed by atoms with E-state index in [-0.39, 0.29) is 0 Å². The van der Waals surface area contributed by atoms with Crippen LogP contribution in [0.4, 0.5) is 0 Å². The molecule has 0 aliphatic heterocycles. The van der Waals surface area contributed by atoms with E-state index < -0.39 is 0 Å². The van der Waals surface area contributed by atoms with E-state index in [9.17, 15) is 0 Å². The van der Waals surface area contributed by atoms with Crippen molar-refractivity contribution in [1.29, 1.82) is 0 Å². The van der Waals surface area contributed by atoms with Crippen LogP contribution >= 0.6 is 38.5 Å². The molecule has 0 N–H and O–H groups in total. The Balaban J connectivity index is 3.28. The number of hydrogen-bond acceptors (Lipinski definition) is 0. The fourth-order valence-corrected chi connectivity index (χ4v) is 2.57. The summed E-state index contributed by atoms with van der Waals surface area (Å²) < 4.78 is 3.82. The van der Waals surface area contributed by atoms with Gasteiger partial charge in [-0.3, -0.25) is 0 Å². The highest BCUT2D eigenvalue weighted by Gasteiger charge is 2.05. The molecule has 0 aromatic heterocycles. The smallest absolute Gasteiger partial charge is 0.0495 e. The van der Waals surface area contributed by atoms with Crippen molar-refractivity contribution in [2.45, 2.75) is 6.92 Å². The molecule has 0 saturated carbocycles. The molecule has 0 heterocycles.